The van der Waals surface area contributed by atoms with E-state index in [-0.39, 0.29) is 0 Å². The van der Waals surface area contributed by atoms with Crippen LogP contribution in [0.4, 0.5) is 4.79 Å². The Kier molecular flexibility index (Phi) is 17.2. The first-order valence-corrected chi connectivity index (χ1v) is 10.4. The third kappa shape index (κ3) is 14.8. The van der Waals surface area contributed by atoms with E-state index in [1.807, 2.05) is 0 Å². The second kappa shape index (κ2) is 18.3. The number of rotatable bonds is 17. The molecule has 0 radical (unpaired) electrons. The van der Waals surface area contributed by atoms with Crippen LogP contribution in [0.25, 0.3) is 0 Å². The van der Waals surface area contributed by atoms with Crippen molar-refractivity contribution in [3.63, 3.8) is 0 Å². The lowest BCUT2D eigenvalue weighted by Gasteiger charge is -2.16. The Balaban J connectivity index is 3.91. The molecule has 0 saturated heterocycles. The molecule has 1 N–H and O–H groups in total. The van der Waals surface area contributed by atoms with E-state index < -0.39 is 18.1 Å². The fourth-order valence-electron chi connectivity index (χ4n) is 2.59. The van der Waals surface area contributed by atoms with E-state index in [1.165, 1.54) is 38.5 Å². The number of esters is 1. The summed E-state index contributed by atoms with van der Waals surface area (Å²) in [6.07, 6.45) is 13.6. The van der Waals surface area contributed by atoms with Crippen molar-refractivity contribution in [3.05, 3.63) is 12.7 Å². The third-order valence-electron chi connectivity index (χ3n) is 4.20. The van der Waals surface area contributed by atoms with Crippen LogP contribution in [0.3, 0.4) is 0 Å². The summed E-state index contributed by atoms with van der Waals surface area (Å²) in [4.78, 5) is 23.9. The summed E-state index contributed by atoms with van der Waals surface area (Å²) in [6.45, 7) is 8.75. The van der Waals surface area contributed by atoms with Crippen LogP contribution in [-0.2, 0) is 14.3 Å². The minimum Gasteiger partial charge on any atom is -0.464 e. The van der Waals surface area contributed by atoms with Gasteiger partial charge >= 0.3 is 12.1 Å². The molecule has 0 aromatic rings. The summed E-state index contributed by atoms with van der Waals surface area (Å²) in [5.74, 6) is -0.420. The number of amides is 1. The van der Waals surface area contributed by atoms with Crippen LogP contribution in [0.15, 0.2) is 12.7 Å². The highest BCUT2D eigenvalue weighted by Gasteiger charge is 2.21. The molecular formula is C21H39NO4. The SMILES string of the molecule is C=CCC(NC(=O)OCCCCCCCC)C(=O)OCCCCCCC. The molecule has 152 valence electrons. The maximum absolute atomic E-state index is 12.1. The molecule has 5 nitrogen and oxygen atoms in total. The Morgan fingerprint density at radius 1 is 0.846 bits per heavy atom. The Hall–Kier alpha value is -1.52. The zero-order chi connectivity index (χ0) is 19.5. The van der Waals surface area contributed by atoms with Gasteiger partial charge in [0.1, 0.15) is 6.04 Å². The van der Waals surface area contributed by atoms with Crippen LogP contribution < -0.4 is 5.32 Å². The summed E-state index contributed by atoms with van der Waals surface area (Å²) in [6, 6.07) is -0.722. The Morgan fingerprint density at radius 2 is 1.35 bits per heavy atom. The van der Waals surface area contributed by atoms with E-state index >= 15 is 0 Å². The van der Waals surface area contributed by atoms with Crippen LogP contribution in [0.5, 0.6) is 0 Å². The van der Waals surface area contributed by atoms with Crippen molar-refractivity contribution in [1.82, 2.24) is 5.32 Å². The number of hydrogen-bond donors (Lipinski definition) is 1. The maximum Gasteiger partial charge on any atom is 0.407 e. The van der Waals surface area contributed by atoms with Gasteiger partial charge in [-0.15, -0.1) is 6.58 Å². The normalized spacial score (nSPS) is 11.6. The molecule has 5 heteroatoms. The average Bonchev–Trinajstić information content (AvgIpc) is 2.63. The first-order chi connectivity index (χ1) is 12.7. The number of hydrogen-bond acceptors (Lipinski definition) is 4. The molecule has 1 atom stereocenters. The Morgan fingerprint density at radius 3 is 1.88 bits per heavy atom. The Bertz CT molecular complexity index is 371. The quantitative estimate of drug-likeness (QED) is 0.208. The molecule has 0 spiro atoms. The van der Waals surface area contributed by atoms with Crippen molar-refractivity contribution < 1.29 is 19.1 Å². The minimum absolute atomic E-state index is 0.334. The highest BCUT2D eigenvalue weighted by molar-refractivity contribution is 5.81. The second-order valence-electron chi connectivity index (χ2n) is 6.71. The largest absolute Gasteiger partial charge is 0.464 e. The van der Waals surface area contributed by atoms with Crippen LogP contribution in [-0.4, -0.2) is 31.3 Å². The van der Waals surface area contributed by atoms with Gasteiger partial charge in [0.25, 0.3) is 0 Å². The highest BCUT2D eigenvalue weighted by atomic mass is 16.6. The van der Waals surface area contributed by atoms with Crippen LogP contribution in [0.1, 0.15) is 90.9 Å². The first kappa shape index (κ1) is 24.5. The zero-order valence-electron chi connectivity index (χ0n) is 16.9. The molecule has 0 saturated carbocycles. The minimum atomic E-state index is -0.722. The maximum atomic E-state index is 12.1. The molecule has 0 aliphatic rings. The standard InChI is InChI=1S/C21H39NO4/c1-4-7-9-11-13-15-18-26-21(24)22-19(16-6-3)20(23)25-17-14-12-10-8-5-2/h6,19H,3-5,7-18H2,1-2H3,(H,22,24). The van der Waals surface area contributed by atoms with Gasteiger partial charge in [0.05, 0.1) is 13.2 Å². The fraction of sp³-hybridized carbons (Fsp3) is 0.810. The lowest BCUT2D eigenvalue weighted by Crippen LogP contribution is -2.42. The molecule has 0 heterocycles. The first-order valence-electron chi connectivity index (χ1n) is 10.4. The third-order valence-corrected chi connectivity index (χ3v) is 4.20. The molecule has 0 bridgehead atoms. The predicted octanol–water partition coefficient (Wildman–Crippen LogP) is 5.53. The topological polar surface area (TPSA) is 64.6 Å². The van der Waals surface area contributed by atoms with Gasteiger partial charge in [-0.1, -0.05) is 77.7 Å². The Labute approximate surface area is 159 Å². The highest BCUT2D eigenvalue weighted by Crippen LogP contribution is 2.06. The molecule has 0 aromatic heterocycles. The van der Waals surface area contributed by atoms with Gasteiger partial charge in [0, 0.05) is 0 Å². The molecule has 26 heavy (non-hydrogen) atoms. The van der Waals surface area contributed by atoms with Crippen molar-refractivity contribution in [2.24, 2.45) is 0 Å². The van der Waals surface area contributed by atoms with Gasteiger partial charge in [-0.2, -0.15) is 0 Å². The van der Waals surface area contributed by atoms with E-state index in [0.29, 0.717) is 19.6 Å². The van der Waals surface area contributed by atoms with Gasteiger partial charge in [-0.25, -0.2) is 9.59 Å². The van der Waals surface area contributed by atoms with Crippen LogP contribution in [0, 0.1) is 0 Å². The smallest absolute Gasteiger partial charge is 0.407 e. The van der Waals surface area contributed by atoms with Crippen molar-refractivity contribution in [2.75, 3.05) is 13.2 Å². The van der Waals surface area contributed by atoms with Gasteiger partial charge in [-0.3, -0.25) is 0 Å². The van der Waals surface area contributed by atoms with E-state index in [4.69, 9.17) is 9.47 Å². The van der Waals surface area contributed by atoms with Crippen molar-refractivity contribution in [3.8, 4) is 0 Å². The van der Waals surface area contributed by atoms with Gasteiger partial charge in [0.2, 0.25) is 0 Å². The summed E-state index contributed by atoms with van der Waals surface area (Å²) in [5, 5.41) is 2.58. The van der Waals surface area contributed by atoms with Crippen LogP contribution >= 0.6 is 0 Å². The molecule has 0 fully saturated rings. The van der Waals surface area contributed by atoms with Gasteiger partial charge < -0.3 is 14.8 Å². The monoisotopic (exact) mass is 369 g/mol. The predicted molar refractivity (Wildman–Crippen MR) is 106 cm³/mol. The lowest BCUT2D eigenvalue weighted by atomic mass is 10.1. The van der Waals surface area contributed by atoms with E-state index in [0.717, 1.165) is 32.1 Å². The number of carbonyl (C=O) groups excluding carboxylic acids is 2. The molecule has 1 unspecified atom stereocenters. The molecule has 0 aliphatic heterocycles. The molecule has 1 amide bonds. The number of ether oxygens (including phenoxy) is 2. The summed E-state index contributed by atoms with van der Waals surface area (Å²) >= 11 is 0. The van der Waals surface area contributed by atoms with Gasteiger partial charge in [-0.05, 0) is 19.3 Å². The molecule has 0 rings (SSSR count). The second-order valence-corrected chi connectivity index (χ2v) is 6.71. The summed E-state index contributed by atoms with van der Waals surface area (Å²) in [7, 11) is 0. The van der Waals surface area contributed by atoms with E-state index in [1.54, 1.807) is 6.08 Å². The zero-order valence-corrected chi connectivity index (χ0v) is 16.9. The summed E-state index contributed by atoms with van der Waals surface area (Å²) < 4.78 is 10.4. The molecular weight excluding hydrogens is 330 g/mol. The van der Waals surface area contributed by atoms with E-state index in [9.17, 15) is 9.59 Å². The van der Waals surface area contributed by atoms with Gasteiger partial charge in [0.15, 0.2) is 0 Å². The van der Waals surface area contributed by atoms with Crippen molar-refractivity contribution in [2.45, 2.75) is 96.9 Å². The molecule has 0 aromatic carbocycles. The number of unbranched alkanes of at least 4 members (excludes halogenated alkanes) is 9. The average molecular weight is 370 g/mol. The number of alkyl carbamates (subject to hydrolysis) is 1. The van der Waals surface area contributed by atoms with Crippen LogP contribution in [0.2, 0.25) is 0 Å². The lowest BCUT2D eigenvalue weighted by molar-refractivity contribution is -0.146. The van der Waals surface area contributed by atoms with Crippen molar-refractivity contribution in [1.29, 1.82) is 0 Å². The van der Waals surface area contributed by atoms with Crippen molar-refractivity contribution >= 4 is 12.1 Å². The fourth-order valence-corrected chi connectivity index (χ4v) is 2.59. The molecule has 0 aliphatic carbocycles. The van der Waals surface area contributed by atoms with E-state index in [2.05, 4.69) is 25.7 Å². The number of carbonyl (C=O) groups is 2. The number of nitrogens with one attached hydrogen (secondary N) is 1. The summed E-state index contributed by atoms with van der Waals surface area (Å²) in [5.41, 5.74) is 0.